The molecule has 0 bridgehead atoms. The second-order valence-electron chi connectivity index (χ2n) is 7.55. The Bertz CT molecular complexity index is 668. The zero-order chi connectivity index (χ0) is 19.6. The fourth-order valence-electron chi connectivity index (χ4n) is 2.49. The highest BCUT2D eigenvalue weighted by atomic mass is 79.9. The quantitative estimate of drug-likeness (QED) is 0.542. The van der Waals surface area contributed by atoms with Crippen molar-refractivity contribution in [2.45, 2.75) is 55.6 Å². The first-order valence-corrected chi connectivity index (χ1v) is 12.4. The van der Waals surface area contributed by atoms with E-state index in [1.54, 1.807) is 11.8 Å². The molecule has 0 aromatic carbocycles. The number of hydrogen-bond acceptors (Lipinski definition) is 6. The Balaban J connectivity index is 2.28. The van der Waals surface area contributed by atoms with Crippen LogP contribution in [0.25, 0.3) is 0 Å². The molecule has 1 aliphatic rings. The second-order valence-corrected chi connectivity index (χ2v) is 13.7. The predicted octanol–water partition coefficient (Wildman–Crippen LogP) is 5.24. The van der Waals surface area contributed by atoms with Gasteiger partial charge in [0.2, 0.25) is 0 Å². The van der Waals surface area contributed by atoms with E-state index >= 15 is 0 Å². The summed E-state index contributed by atoms with van der Waals surface area (Å²) in [5, 5.41) is 10.4. The molecule has 1 fully saturated rings. The van der Waals surface area contributed by atoms with Gasteiger partial charge in [0.25, 0.3) is 0 Å². The molecule has 0 spiro atoms. The molecule has 1 N–H and O–H groups in total. The highest BCUT2D eigenvalue weighted by Gasteiger charge is 2.43. The van der Waals surface area contributed by atoms with E-state index in [9.17, 15) is 9.81 Å². The van der Waals surface area contributed by atoms with Crippen molar-refractivity contribution >= 4 is 62.0 Å². The Morgan fingerprint density at radius 2 is 2.08 bits per heavy atom. The number of thiophene rings is 1. The van der Waals surface area contributed by atoms with Crippen molar-refractivity contribution < 1.29 is 9.29 Å². The number of nitrogens with one attached hydrogen (secondary N) is 1. The first-order chi connectivity index (χ1) is 12.0. The lowest BCUT2D eigenvalue weighted by Crippen LogP contribution is -2.51. The van der Waals surface area contributed by atoms with Crippen LogP contribution < -0.4 is 4.72 Å². The van der Waals surface area contributed by atoms with Gasteiger partial charge in [0.15, 0.2) is 0 Å². The van der Waals surface area contributed by atoms with Crippen LogP contribution in [-0.2, 0) is 21.6 Å². The number of nitriles is 1. The van der Waals surface area contributed by atoms with Crippen molar-refractivity contribution in [1.82, 2.24) is 4.72 Å². The normalized spacial score (nSPS) is 21.0. The smallest absolute Gasteiger partial charge is 0.136 e. The number of ether oxygens (including phenoxy) is 1. The van der Waals surface area contributed by atoms with E-state index in [-0.39, 0.29) is 0 Å². The summed E-state index contributed by atoms with van der Waals surface area (Å²) in [7, 11) is 0. The molecule has 1 unspecified atom stereocenters. The van der Waals surface area contributed by atoms with Gasteiger partial charge in [-0.25, -0.2) is 0 Å². The van der Waals surface area contributed by atoms with Crippen LogP contribution in [0.15, 0.2) is 9.85 Å². The maximum absolute atomic E-state index is 12.8. The molecule has 26 heavy (non-hydrogen) atoms. The minimum atomic E-state index is -1.27. The average Bonchev–Trinajstić information content (AvgIpc) is 2.92. The highest BCUT2D eigenvalue weighted by molar-refractivity contribution is 9.11. The molecular formula is C17H24BrClN2O2S3. The summed E-state index contributed by atoms with van der Waals surface area (Å²) in [5.41, 5.74) is -0.612. The molecule has 0 saturated carbocycles. The van der Waals surface area contributed by atoms with Crippen molar-refractivity contribution in [3.63, 3.8) is 0 Å². The maximum atomic E-state index is 12.8. The van der Waals surface area contributed by atoms with Crippen molar-refractivity contribution in [3.05, 3.63) is 19.8 Å². The van der Waals surface area contributed by atoms with Crippen LogP contribution in [-0.4, -0.2) is 33.0 Å². The lowest BCUT2D eigenvalue weighted by Gasteiger charge is -2.37. The molecule has 0 amide bonds. The SMILES string of the molecule is CC(C)(C)[S+]([O-])N[C@@](C)(CSC1(C#N)CCOCC1)c1sc(Br)cc1Cl. The first-order valence-electron chi connectivity index (χ1n) is 8.29. The van der Waals surface area contributed by atoms with E-state index < -0.39 is 26.4 Å². The summed E-state index contributed by atoms with van der Waals surface area (Å²) in [4.78, 5) is 0.927. The van der Waals surface area contributed by atoms with Gasteiger partial charge in [0, 0.05) is 35.2 Å². The lowest BCUT2D eigenvalue weighted by atomic mass is 10.0. The molecule has 0 aliphatic carbocycles. The molecule has 2 atom stereocenters. The Morgan fingerprint density at radius 3 is 2.54 bits per heavy atom. The fraction of sp³-hybridized carbons (Fsp3) is 0.706. The minimum absolute atomic E-state index is 0.404. The van der Waals surface area contributed by atoms with Gasteiger partial charge in [-0.3, -0.25) is 0 Å². The Morgan fingerprint density at radius 1 is 1.46 bits per heavy atom. The van der Waals surface area contributed by atoms with Crippen LogP contribution in [0.3, 0.4) is 0 Å². The van der Waals surface area contributed by atoms with Gasteiger partial charge in [0.05, 0.1) is 14.9 Å². The van der Waals surface area contributed by atoms with E-state index in [0.717, 1.165) is 8.66 Å². The Hall–Kier alpha value is 0.540. The number of rotatable bonds is 6. The zero-order valence-electron chi connectivity index (χ0n) is 15.4. The Kier molecular flexibility index (Phi) is 7.82. The van der Waals surface area contributed by atoms with Gasteiger partial charge in [-0.1, -0.05) is 11.6 Å². The van der Waals surface area contributed by atoms with Gasteiger partial charge in [-0.15, -0.1) is 27.8 Å². The van der Waals surface area contributed by atoms with Crippen LogP contribution in [0, 0.1) is 11.3 Å². The molecule has 9 heteroatoms. The summed E-state index contributed by atoms with van der Waals surface area (Å²) in [6.07, 6.45) is 1.41. The summed E-state index contributed by atoms with van der Waals surface area (Å²) in [6, 6.07) is 4.35. The van der Waals surface area contributed by atoms with Gasteiger partial charge >= 0.3 is 0 Å². The molecule has 0 radical (unpaired) electrons. The number of hydrogen-bond donors (Lipinski definition) is 1. The second kappa shape index (κ2) is 8.91. The third-order valence-corrected chi connectivity index (χ3v) is 10.0. The summed E-state index contributed by atoms with van der Waals surface area (Å²) < 4.78 is 21.6. The average molecular weight is 500 g/mol. The van der Waals surface area contributed by atoms with E-state index in [4.69, 9.17) is 16.3 Å². The van der Waals surface area contributed by atoms with Crippen LogP contribution in [0.1, 0.15) is 45.4 Å². The minimum Gasteiger partial charge on any atom is -0.598 e. The number of halogens is 2. The number of nitrogens with zero attached hydrogens (tertiary/aromatic N) is 1. The largest absolute Gasteiger partial charge is 0.598 e. The van der Waals surface area contributed by atoms with Gasteiger partial charge in [-0.2, -0.15) is 5.26 Å². The standard InChI is InChI=1S/C17H24BrClN2O2S3/c1-15(2,3)26(22)21-16(4,14-12(19)9-13(18)25-14)11-24-17(10-20)5-7-23-8-6-17/h9,21H,5-8,11H2,1-4H3/t16-,26?/m0/s1. The van der Waals surface area contributed by atoms with E-state index in [2.05, 4.69) is 26.7 Å². The van der Waals surface area contributed by atoms with Crippen LogP contribution >= 0.6 is 50.6 Å². The van der Waals surface area contributed by atoms with Crippen molar-refractivity contribution in [2.75, 3.05) is 19.0 Å². The molecule has 146 valence electrons. The summed E-state index contributed by atoms with van der Waals surface area (Å²) in [6.45, 7) is 9.02. The lowest BCUT2D eigenvalue weighted by molar-refractivity contribution is 0.0885. The van der Waals surface area contributed by atoms with Crippen molar-refractivity contribution in [2.24, 2.45) is 0 Å². The molecule has 2 heterocycles. The molecular weight excluding hydrogens is 476 g/mol. The summed E-state index contributed by atoms with van der Waals surface area (Å²) in [5.74, 6) is 0.592. The van der Waals surface area contributed by atoms with Crippen molar-refractivity contribution in [3.8, 4) is 6.07 Å². The molecule has 4 nitrogen and oxygen atoms in total. The molecule has 2 rings (SSSR count). The van der Waals surface area contributed by atoms with Crippen LogP contribution in [0.2, 0.25) is 5.02 Å². The van der Waals surface area contributed by atoms with E-state index in [0.29, 0.717) is 36.8 Å². The van der Waals surface area contributed by atoms with Gasteiger partial charge in [-0.05, 0) is 62.5 Å². The monoisotopic (exact) mass is 498 g/mol. The molecule has 1 aromatic rings. The van der Waals surface area contributed by atoms with Gasteiger partial charge in [0.1, 0.15) is 15.0 Å². The third-order valence-electron chi connectivity index (χ3n) is 4.17. The van der Waals surface area contributed by atoms with Crippen molar-refractivity contribution in [1.29, 1.82) is 5.26 Å². The predicted molar refractivity (Wildman–Crippen MR) is 116 cm³/mol. The maximum Gasteiger partial charge on any atom is 0.136 e. The Labute approximate surface area is 180 Å². The first kappa shape index (κ1) is 22.8. The van der Waals surface area contributed by atoms with E-state index in [1.807, 2.05) is 33.8 Å². The van der Waals surface area contributed by atoms with Gasteiger partial charge < -0.3 is 9.29 Å². The summed E-state index contributed by atoms with van der Waals surface area (Å²) >= 11 is 11.8. The van der Waals surface area contributed by atoms with Crippen LogP contribution in [0.4, 0.5) is 0 Å². The number of thioether (sulfide) groups is 1. The molecule has 1 aromatic heterocycles. The van der Waals surface area contributed by atoms with Crippen LogP contribution in [0.5, 0.6) is 0 Å². The highest BCUT2D eigenvalue weighted by Crippen LogP contribution is 2.44. The molecule has 1 saturated heterocycles. The molecule has 1 aliphatic heterocycles. The fourth-order valence-corrected chi connectivity index (χ4v) is 7.15. The zero-order valence-corrected chi connectivity index (χ0v) is 20.1. The van der Waals surface area contributed by atoms with E-state index in [1.165, 1.54) is 11.3 Å². The topological polar surface area (TPSA) is 68.1 Å². The third kappa shape index (κ3) is 5.54.